The van der Waals surface area contributed by atoms with Crippen LogP contribution in [-0.2, 0) is 0 Å². The van der Waals surface area contributed by atoms with Crippen molar-refractivity contribution in [3.63, 3.8) is 0 Å². The first-order valence-electron chi connectivity index (χ1n) is 3.63. The molecule has 0 saturated heterocycles. The maximum Gasteiger partial charge on any atom is 0.110 e. The van der Waals surface area contributed by atoms with Crippen LogP contribution in [0.4, 0.5) is 0 Å². The number of rotatable bonds is 4. The fourth-order valence-corrected chi connectivity index (χ4v) is 0.541. The van der Waals surface area contributed by atoms with Crippen molar-refractivity contribution in [3.05, 3.63) is 0 Å². The van der Waals surface area contributed by atoms with E-state index in [2.05, 4.69) is 28.2 Å². The van der Waals surface area contributed by atoms with Gasteiger partial charge in [-0.15, -0.1) is 12.4 Å². The van der Waals surface area contributed by atoms with Crippen molar-refractivity contribution in [1.29, 1.82) is 0 Å². The molecule has 3 nitrogen and oxygen atoms in total. The number of nitrogens with one attached hydrogen (secondary N) is 1. The van der Waals surface area contributed by atoms with Crippen LogP contribution >= 0.6 is 12.4 Å². The predicted molar refractivity (Wildman–Crippen MR) is 50.8 cm³/mol. The van der Waals surface area contributed by atoms with Gasteiger partial charge in [-0.3, -0.25) is 5.32 Å². The van der Waals surface area contributed by atoms with E-state index < -0.39 is 0 Å². The summed E-state index contributed by atoms with van der Waals surface area (Å²) in [6, 6.07) is 2.62. The summed E-state index contributed by atoms with van der Waals surface area (Å²) in [6.45, 7) is 4.78. The first kappa shape index (κ1) is 13.2. The van der Waals surface area contributed by atoms with Gasteiger partial charge in [-0.1, -0.05) is 6.92 Å². The normalized spacial score (nSPS) is 10.8. The standard InChI is InChI=1S/C7H15N3.ClH/c1-4-7(8-3)10-6-9-5-2;/h7-8H,4-5H2,1-3H3;1H. The second-order valence-electron chi connectivity index (χ2n) is 1.92. The Bertz CT molecular complexity index is 126. The van der Waals surface area contributed by atoms with Crippen molar-refractivity contribution >= 4 is 18.4 Å². The summed E-state index contributed by atoms with van der Waals surface area (Å²) >= 11 is 0. The molecular formula is C7H16ClN3. The van der Waals surface area contributed by atoms with Gasteiger partial charge < -0.3 is 0 Å². The maximum atomic E-state index is 4.02. The van der Waals surface area contributed by atoms with Crippen molar-refractivity contribution in [2.45, 2.75) is 26.4 Å². The van der Waals surface area contributed by atoms with Gasteiger partial charge in [0.1, 0.15) is 6.17 Å². The van der Waals surface area contributed by atoms with Gasteiger partial charge in [0.2, 0.25) is 0 Å². The second-order valence-corrected chi connectivity index (χ2v) is 1.92. The minimum Gasteiger partial charge on any atom is -0.298 e. The number of hydrogen-bond acceptors (Lipinski definition) is 3. The molecule has 0 saturated carbocycles. The number of hydrogen-bond donors (Lipinski definition) is 1. The van der Waals surface area contributed by atoms with Gasteiger partial charge >= 0.3 is 0 Å². The van der Waals surface area contributed by atoms with Gasteiger partial charge in [-0.25, -0.2) is 9.98 Å². The molecule has 0 heterocycles. The minimum atomic E-state index is 0. The smallest absolute Gasteiger partial charge is 0.110 e. The van der Waals surface area contributed by atoms with Crippen molar-refractivity contribution < 1.29 is 0 Å². The zero-order chi connectivity index (χ0) is 7.82. The molecule has 0 rings (SSSR count). The van der Waals surface area contributed by atoms with Crippen LogP contribution < -0.4 is 5.32 Å². The lowest BCUT2D eigenvalue weighted by molar-refractivity contribution is 0.573. The number of aliphatic imine (C=N–C) groups is 2. The van der Waals surface area contributed by atoms with E-state index >= 15 is 0 Å². The molecule has 1 N–H and O–H groups in total. The molecular weight excluding hydrogens is 162 g/mol. The molecule has 0 radical (unpaired) electrons. The topological polar surface area (TPSA) is 36.8 Å². The van der Waals surface area contributed by atoms with Gasteiger partial charge in [0.25, 0.3) is 0 Å². The van der Waals surface area contributed by atoms with Crippen molar-refractivity contribution in [3.8, 4) is 0 Å². The van der Waals surface area contributed by atoms with Crippen LogP contribution in [0.2, 0.25) is 0 Å². The Morgan fingerprint density at radius 1 is 1.45 bits per heavy atom. The molecule has 0 fully saturated rings. The van der Waals surface area contributed by atoms with E-state index in [1.165, 1.54) is 0 Å². The van der Waals surface area contributed by atoms with Crippen LogP contribution in [0.25, 0.3) is 0 Å². The van der Waals surface area contributed by atoms with Gasteiger partial charge in [-0.05, 0) is 20.4 Å². The summed E-state index contributed by atoms with van der Waals surface area (Å²) in [7, 11) is 1.88. The van der Waals surface area contributed by atoms with Crippen LogP contribution in [0.3, 0.4) is 0 Å². The van der Waals surface area contributed by atoms with Gasteiger partial charge in [0.05, 0.1) is 6.01 Å². The summed E-state index contributed by atoms with van der Waals surface area (Å²) in [6.07, 6.45) is 1.15. The summed E-state index contributed by atoms with van der Waals surface area (Å²) in [4.78, 5) is 7.87. The quantitative estimate of drug-likeness (QED) is 0.651. The van der Waals surface area contributed by atoms with E-state index in [9.17, 15) is 0 Å². The maximum absolute atomic E-state index is 4.02. The molecule has 0 amide bonds. The van der Waals surface area contributed by atoms with Crippen LogP contribution in [0.1, 0.15) is 20.3 Å². The zero-order valence-corrected chi connectivity index (χ0v) is 8.11. The SMILES string of the molecule is CCN=C=NC(CC)NC.Cl. The summed E-state index contributed by atoms with van der Waals surface area (Å²) in [5.74, 6) is 0. The number of nitrogens with zero attached hydrogens (tertiary/aromatic N) is 2. The lowest BCUT2D eigenvalue weighted by Crippen LogP contribution is -2.21. The van der Waals surface area contributed by atoms with E-state index in [-0.39, 0.29) is 18.6 Å². The van der Waals surface area contributed by atoms with Gasteiger partial charge in [-0.2, -0.15) is 0 Å². The van der Waals surface area contributed by atoms with Crippen LogP contribution in [0, 0.1) is 0 Å². The monoisotopic (exact) mass is 177 g/mol. The molecule has 0 aromatic rings. The fourth-order valence-electron chi connectivity index (χ4n) is 0.541. The summed E-state index contributed by atoms with van der Waals surface area (Å²) < 4.78 is 0. The van der Waals surface area contributed by atoms with Crippen molar-refractivity contribution in [2.24, 2.45) is 9.98 Å². The zero-order valence-electron chi connectivity index (χ0n) is 7.29. The molecule has 0 aromatic heterocycles. The predicted octanol–water partition coefficient (Wildman–Crippen LogP) is 1.56. The first-order chi connectivity index (χ1) is 4.85. The molecule has 1 unspecified atom stereocenters. The molecule has 0 aliphatic carbocycles. The van der Waals surface area contributed by atoms with Gasteiger partial charge in [0.15, 0.2) is 0 Å². The Morgan fingerprint density at radius 2 is 2.09 bits per heavy atom. The Balaban J connectivity index is 0. The lowest BCUT2D eigenvalue weighted by atomic mass is 10.4. The van der Waals surface area contributed by atoms with Crippen molar-refractivity contribution in [1.82, 2.24) is 5.32 Å². The van der Waals surface area contributed by atoms with E-state index in [0.717, 1.165) is 13.0 Å². The molecule has 0 bridgehead atoms. The van der Waals surface area contributed by atoms with Crippen LogP contribution in [0.15, 0.2) is 9.98 Å². The third-order valence-corrected chi connectivity index (χ3v) is 1.16. The third kappa shape index (κ3) is 7.53. The molecule has 0 aliphatic rings. The van der Waals surface area contributed by atoms with E-state index in [1.54, 1.807) is 0 Å². The summed E-state index contributed by atoms with van der Waals surface area (Å²) in [5, 5.41) is 3.02. The molecule has 1 atom stereocenters. The lowest BCUT2D eigenvalue weighted by Gasteiger charge is -2.03. The van der Waals surface area contributed by atoms with Gasteiger partial charge in [0, 0.05) is 6.54 Å². The number of halogens is 1. The van der Waals surface area contributed by atoms with Crippen molar-refractivity contribution in [2.75, 3.05) is 13.6 Å². The molecule has 0 aromatic carbocycles. The van der Waals surface area contributed by atoms with E-state index in [4.69, 9.17) is 0 Å². The van der Waals surface area contributed by atoms with E-state index in [0.29, 0.717) is 0 Å². The highest BCUT2D eigenvalue weighted by molar-refractivity contribution is 5.85. The van der Waals surface area contributed by atoms with Crippen LogP contribution in [0.5, 0.6) is 0 Å². The third-order valence-electron chi connectivity index (χ3n) is 1.16. The molecule has 4 heteroatoms. The minimum absolute atomic E-state index is 0. The highest BCUT2D eigenvalue weighted by Gasteiger charge is 1.94. The Kier molecular flexibility index (Phi) is 11.6. The average Bonchev–Trinajstić information content (AvgIpc) is 1.99. The first-order valence-corrected chi connectivity index (χ1v) is 3.63. The fraction of sp³-hybridized carbons (Fsp3) is 0.857. The highest BCUT2D eigenvalue weighted by Crippen LogP contribution is 1.87. The van der Waals surface area contributed by atoms with E-state index in [1.807, 2.05) is 14.0 Å². The molecule has 66 valence electrons. The average molecular weight is 178 g/mol. The molecule has 0 aliphatic heterocycles. The Hall–Kier alpha value is -0.370. The van der Waals surface area contributed by atoms with Crippen LogP contribution in [-0.4, -0.2) is 25.8 Å². The summed E-state index contributed by atoms with van der Waals surface area (Å²) in [5.41, 5.74) is 0. The largest absolute Gasteiger partial charge is 0.298 e. The Labute approximate surface area is 74.4 Å². The second kappa shape index (κ2) is 9.63. The Morgan fingerprint density at radius 3 is 2.45 bits per heavy atom. The highest BCUT2D eigenvalue weighted by atomic mass is 35.5. The molecule has 11 heavy (non-hydrogen) atoms. The molecule has 0 spiro atoms.